The van der Waals surface area contributed by atoms with Crippen LogP contribution < -0.4 is 10.8 Å². The Kier molecular flexibility index (Phi) is 2.76. The van der Waals surface area contributed by atoms with Crippen LogP contribution in [0.15, 0.2) is 74.5 Å². The first-order valence-corrected chi connectivity index (χ1v) is 7.75. The van der Waals surface area contributed by atoms with Gasteiger partial charge in [0.25, 0.3) is 0 Å². The molecule has 2 aromatic heterocycles. The Hall–Kier alpha value is -3.40. The van der Waals surface area contributed by atoms with Crippen molar-refractivity contribution in [1.29, 1.82) is 0 Å². The summed E-state index contributed by atoms with van der Waals surface area (Å²) in [4.78, 5) is 12.5. The van der Waals surface area contributed by atoms with Gasteiger partial charge in [-0.15, -0.1) is 0 Å². The number of nitrogens with one attached hydrogen (secondary N) is 1. The molecule has 2 aromatic rings. The summed E-state index contributed by atoms with van der Waals surface area (Å²) < 4.78 is 5.83. The van der Waals surface area contributed by atoms with E-state index in [-0.39, 0.29) is 0 Å². The van der Waals surface area contributed by atoms with Crippen molar-refractivity contribution >= 4 is 35.7 Å². The molecular weight excluding hydrogens is 298 g/mol. The van der Waals surface area contributed by atoms with Gasteiger partial charge in [-0.2, -0.15) is 0 Å². The maximum Gasteiger partial charge on any atom is 0.129 e. The van der Waals surface area contributed by atoms with Crippen LogP contribution in [0.4, 0.5) is 0 Å². The molecular formula is C20H13N3O. The Balaban J connectivity index is 1.72. The lowest BCUT2D eigenvalue weighted by molar-refractivity contribution is 0.503. The van der Waals surface area contributed by atoms with Crippen molar-refractivity contribution in [2.24, 2.45) is 9.98 Å². The number of aliphatic imine (C=N–C) groups is 2. The highest BCUT2D eigenvalue weighted by atomic mass is 16.3. The SMILES string of the molecule is C1=CC2=NC1=Cc1c[nH]c(c1)C=C1C=CC(=N1)C=c1ccc(o1)=C2. The zero-order valence-electron chi connectivity index (χ0n) is 12.7. The number of allylic oxidation sites excluding steroid dienone is 4. The fourth-order valence-corrected chi connectivity index (χ4v) is 2.85. The largest absolute Gasteiger partial charge is 0.457 e. The van der Waals surface area contributed by atoms with Crippen LogP contribution in [-0.2, 0) is 0 Å². The molecule has 3 aliphatic rings. The summed E-state index contributed by atoms with van der Waals surface area (Å²) in [5.74, 6) is 0. The fourth-order valence-electron chi connectivity index (χ4n) is 2.85. The monoisotopic (exact) mass is 311 g/mol. The third-order valence-electron chi connectivity index (χ3n) is 3.94. The zero-order valence-corrected chi connectivity index (χ0v) is 12.7. The standard InChI is InChI=1S/C20H13N3O/c1-3-16-10-19-5-6-20(24-19)11-17-4-2-15(23-17)9-18-8-13(12-21-18)7-14(1)22-16/h1-12,21H. The average Bonchev–Trinajstić information content (AvgIpc) is 3.32. The molecule has 1 N–H and O–H groups in total. The molecule has 0 unspecified atom stereocenters. The van der Waals surface area contributed by atoms with Crippen LogP contribution in [-0.4, -0.2) is 16.4 Å². The molecule has 0 saturated heterocycles. The molecule has 114 valence electrons. The van der Waals surface area contributed by atoms with Gasteiger partial charge in [0.05, 0.1) is 22.8 Å². The number of hydrogen-bond acceptors (Lipinski definition) is 3. The van der Waals surface area contributed by atoms with E-state index >= 15 is 0 Å². The number of aromatic amines is 1. The van der Waals surface area contributed by atoms with E-state index in [1.54, 1.807) is 0 Å². The van der Waals surface area contributed by atoms with Crippen molar-refractivity contribution < 1.29 is 4.42 Å². The number of rotatable bonds is 0. The van der Waals surface area contributed by atoms with Crippen molar-refractivity contribution in [3.63, 3.8) is 0 Å². The predicted octanol–water partition coefficient (Wildman–Crippen LogP) is 2.59. The van der Waals surface area contributed by atoms with Crippen LogP contribution in [0.2, 0.25) is 0 Å². The lowest BCUT2D eigenvalue weighted by atomic mass is 10.2. The normalized spacial score (nSPS) is 17.7. The molecule has 0 saturated carbocycles. The fraction of sp³-hybridized carbons (Fsp3) is 0. The Labute approximate surface area is 138 Å². The third-order valence-corrected chi connectivity index (χ3v) is 3.94. The first kappa shape index (κ1) is 13.1. The first-order chi connectivity index (χ1) is 11.8. The van der Waals surface area contributed by atoms with Crippen LogP contribution in [0, 0.1) is 0 Å². The van der Waals surface area contributed by atoms with Gasteiger partial charge in [-0.25, -0.2) is 9.98 Å². The van der Waals surface area contributed by atoms with E-state index in [2.05, 4.69) is 21.0 Å². The van der Waals surface area contributed by atoms with Crippen molar-refractivity contribution in [2.75, 3.05) is 0 Å². The molecule has 4 nitrogen and oxygen atoms in total. The quantitative estimate of drug-likeness (QED) is 0.799. The van der Waals surface area contributed by atoms with Gasteiger partial charge >= 0.3 is 0 Å². The molecule has 4 heteroatoms. The smallest absolute Gasteiger partial charge is 0.129 e. The summed E-state index contributed by atoms with van der Waals surface area (Å²) in [6, 6.07) is 5.96. The van der Waals surface area contributed by atoms with Crippen LogP contribution in [0.1, 0.15) is 11.3 Å². The molecule has 5 heterocycles. The third kappa shape index (κ3) is 2.44. The van der Waals surface area contributed by atoms with Gasteiger partial charge in [-0.1, -0.05) is 0 Å². The van der Waals surface area contributed by atoms with Gasteiger partial charge in [0.15, 0.2) is 0 Å². The summed E-state index contributed by atoms with van der Waals surface area (Å²) in [6.45, 7) is 0. The topological polar surface area (TPSA) is 53.6 Å². The van der Waals surface area contributed by atoms with E-state index in [0.717, 1.165) is 44.9 Å². The number of hydrogen-bond donors (Lipinski definition) is 1. The van der Waals surface area contributed by atoms with Crippen LogP contribution >= 0.6 is 0 Å². The molecule has 8 bridgehead atoms. The molecule has 0 radical (unpaired) electrons. The minimum absolute atomic E-state index is 0.776. The molecule has 24 heavy (non-hydrogen) atoms. The zero-order chi connectivity index (χ0) is 15.9. The summed E-state index contributed by atoms with van der Waals surface area (Å²) in [5, 5.41) is 0. The molecule has 3 aliphatic heterocycles. The second-order valence-electron chi connectivity index (χ2n) is 5.80. The highest BCUT2D eigenvalue weighted by molar-refractivity contribution is 6.20. The minimum atomic E-state index is 0.776. The van der Waals surface area contributed by atoms with Gasteiger partial charge < -0.3 is 9.40 Å². The molecule has 0 aliphatic carbocycles. The van der Waals surface area contributed by atoms with Gasteiger partial charge in [0.1, 0.15) is 10.8 Å². The van der Waals surface area contributed by atoms with E-state index in [1.807, 2.05) is 66.9 Å². The molecule has 5 rings (SSSR count). The molecule has 0 atom stereocenters. The van der Waals surface area contributed by atoms with Crippen molar-refractivity contribution in [3.05, 3.63) is 82.2 Å². The van der Waals surface area contributed by atoms with Gasteiger partial charge in [0.2, 0.25) is 0 Å². The van der Waals surface area contributed by atoms with Crippen molar-refractivity contribution in [2.45, 2.75) is 0 Å². The van der Waals surface area contributed by atoms with E-state index in [9.17, 15) is 0 Å². The Bertz CT molecular complexity index is 1060. The molecule has 0 aromatic carbocycles. The maximum absolute atomic E-state index is 5.83. The van der Waals surface area contributed by atoms with Crippen LogP contribution in [0.5, 0.6) is 0 Å². The Morgan fingerprint density at radius 2 is 1.42 bits per heavy atom. The minimum Gasteiger partial charge on any atom is -0.457 e. The maximum atomic E-state index is 5.83. The lowest BCUT2D eigenvalue weighted by Crippen LogP contribution is -2.03. The number of H-pyrrole nitrogens is 1. The molecule has 0 spiro atoms. The Morgan fingerprint density at radius 1 is 0.750 bits per heavy atom. The number of fused-ring (bicyclic) bond motifs is 6. The Morgan fingerprint density at radius 3 is 2.12 bits per heavy atom. The van der Waals surface area contributed by atoms with Crippen LogP contribution in [0.3, 0.4) is 0 Å². The van der Waals surface area contributed by atoms with Gasteiger partial charge in [-0.05, 0) is 60.2 Å². The summed E-state index contributed by atoms with van der Waals surface area (Å²) >= 11 is 0. The number of aromatic nitrogens is 1. The molecule has 0 amide bonds. The highest BCUT2D eigenvalue weighted by Gasteiger charge is 2.06. The van der Waals surface area contributed by atoms with Crippen molar-refractivity contribution in [1.82, 2.24) is 4.98 Å². The first-order valence-electron chi connectivity index (χ1n) is 7.75. The molecule has 0 fully saturated rings. The number of furan rings is 1. The summed E-state index contributed by atoms with van der Waals surface area (Å²) in [7, 11) is 0. The second-order valence-corrected chi connectivity index (χ2v) is 5.80. The van der Waals surface area contributed by atoms with E-state index in [1.165, 1.54) is 0 Å². The summed E-state index contributed by atoms with van der Waals surface area (Å²) in [5.41, 5.74) is 7.23. The number of nitrogens with zero attached hydrogens (tertiary/aromatic N) is 2. The highest BCUT2D eigenvalue weighted by Crippen LogP contribution is 2.18. The lowest BCUT2D eigenvalue weighted by Gasteiger charge is -1.90. The van der Waals surface area contributed by atoms with E-state index in [4.69, 9.17) is 4.42 Å². The summed E-state index contributed by atoms with van der Waals surface area (Å²) in [6.07, 6.45) is 17.9. The average molecular weight is 311 g/mol. The predicted molar refractivity (Wildman–Crippen MR) is 96.8 cm³/mol. The van der Waals surface area contributed by atoms with Crippen molar-refractivity contribution in [3.8, 4) is 0 Å². The van der Waals surface area contributed by atoms with Crippen LogP contribution in [0.25, 0.3) is 24.3 Å². The van der Waals surface area contributed by atoms with E-state index < -0.39 is 0 Å². The second kappa shape index (κ2) is 5.06. The van der Waals surface area contributed by atoms with Gasteiger partial charge in [-0.3, -0.25) is 0 Å². The van der Waals surface area contributed by atoms with E-state index in [0.29, 0.717) is 0 Å². The van der Waals surface area contributed by atoms with Gasteiger partial charge in [0, 0.05) is 24.0 Å².